The van der Waals surface area contributed by atoms with Crippen molar-refractivity contribution in [3.63, 3.8) is 0 Å². The minimum absolute atomic E-state index is 0.0771. The van der Waals surface area contributed by atoms with Gasteiger partial charge in [-0.15, -0.1) is 0 Å². The normalized spacial score (nSPS) is 18.4. The van der Waals surface area contributed by atoms with Crippen LogP contribution < -0.4 is 4.74 Å². The molecule has 0 N–H and O–H groups in total. The quantitative estimate of drug-likeness (QED) is 0.461. The van der Waals surface area contributed by atoms with Gasteiger partial charge in [0.15, 0.2) is 0 Å². The van der Waals surface area contributed by atoms with Crippen molar-refractivity contribution in [3.8, 4) is 5.75 Å². The summed E-state index contributed by atoms with van der Waals surface area (Å²) in [6, 6.07) is 8.73. The Balaban J connectivity index is 2.13. The van der Waals surface area contributed by atoms with Gasteiger partial charge in [0.05, 0.1) is 23.8 Å². The Kier molecular flexibility index (Phi) is 6.84. The van der Waals surface area contributed by atoms with E-state index in [4.69, 9.17) is 4.74 Å². The highest BCUT2D eigenvalue weighted by Gasteiger charge is 2.41. The van der Waals surface area contributed by atoms with Gasteiger partial charge in [0, 0.05) is 5.56 Å². The maximum absolute atomic E-state index is 13.4. The molecule has 2 nitrogen and oxygen atoms in total. The highest BCUT2D eigenvalue weighted by Crippen LogP contribution is 2.42. The molecule has 1 fully saturated rings. The second-order valence-electron chi connectivity index (χ2n) is 8.49. The van der Waals surface area contributed by atoms with Crippen molar-refractivity contribution in [2.45, 2.75) is 44.1 Å². The van der Waals surface area contributed by atoms with Crippen molar-refractivity contribution >= 4 is 0 Å². The Labute approximate surface area is 184 Å². The summed E-state index contributed by atoms with van der Waals surface area (Å²) in [5, 5.41) is 0. The minimum Gasteiger partial charge on any atom is -0.496 e. The van der Waals surface area contributed by atoms with Crippen LogP contribution in [0.2, 0.25) is 0 Å². The number of hydrogen-bond acceptors (Lipinski definition) is 2. The summed E-state index contributed by atoms with van der Waals surface area (Å²) < 4.78 is 85.8. The summed E-state index contributed by atoms with van der Waals surface area (Å²) in [6.07, 6.45) is -8.20. The first-order valence-corrected chi connectivity index (χ1v) is 10.4. The molecule has 1 aliphatic heterocycles. The van der Waals surface area contributed by atoms with Crippen molar-refractivity contribution in [1.29, 1.82) is 0 Å². The second kappa shape index (κ2) is 8.96. The van der Waals surface area contributed by atoms with Crippen molar-refractivity contribution < 1.29 is 31.1 Å². The second-order valence-corrected chi connectivity index (χ2v) is 8.49. The van der Waals surface area contributed by atoms with Gasteiger partial charge in [0.25, 0.3) is 0 Å². The summed E-state index contributed by atoms with van der Waals surface area (Å²) in [5.74, 6) is 0.975. The summed E-state index contributed by atoms with van der Waals surface area (Å²) >= 11 is 0. The molecule has 1 aliphatic rings. The summed E-state index contributed by atoms with van der Waals surface area (Å²) in [7, 11) is 1.48. The van der Waals surface area contributed by atoms with E-state index in [-0.39, 0.29) is 18.1 Å². The molecule has 0 bridgehead atoms. The lowest BCUT2D eigenvalue weighted by Gasteiger charge is -2.45. The van der Waals surface area contributed by atoms with Crippen LogP contribution in [0.25, 0.3) is 0 Å². The molecule has 0 aromatic heterocycles. The molecular formula is C24H26F6NO. The molecule has 1 saturated heterocycles. The molecule has 8 heteroatoms. The predicted molar refractivity (Wildman–Crippen MR) is 110 cm³/mol. The van der Waals surface area contributed by atoms with E-state index in [2.05, 4.69) is 13.8 Å². The molecule has 32 heavy (non-hydrogen) atoms. The molecule has 0 aliphatic carbocycles. The van der Waals surface area contributed by atoms with E-state index in [1.807, 2.05) is 4.90 Å². The van der Waals surface area contributed by atoms with Gasteiger partial charge >= 0.3 is 12.4 Å². The lowest BCUT2D eigenvalue weighted by molar-refractivity contribution is -0.143. The highest BCUT2D eigenvalue weighted by molar-refractivity contribution is 5.43. The Morgan fingerprint density at radius 1 is 0.938 bits per heavy atom. The zero-order valence-corrected chi connectivity index (χ0v) is 18.0. The summed E-state index contributed by atoms with van der Waals surface area (Å²) in [5.41, 5.74) is -3.19. The van der Waals surface area contributed by atoms with E-state index >= 15 is 0 Å². The highest BCUT2D eigenvalue weighted by atomic mass is 19.4. The number of nitrogens with zero attached hydrogens (tertiary/aromatic N) is 1. The topological polar surface area (TPSA) is 12.5 Å². The smallest absolute Gasteiger partial charge is 0.416 e. The third-order valence-electron chi connectivity index (χ3n) is 6.14. The van der Waals surface area contributed by atoms with Gasteiger partial charge in [-0.25, -0.2) is 0 Å². The van der Waals surface area contributed by atoms with Crippen LogP contribution in [0.15, 0.2) is 42.5 Å². The molecule has 1 unspecified atom stereocenters. The Bertz CT molecular complexity index is 899. The first-order chi connectivity index (χ1) is 14.8. The Morgan fingerprint density at radius 3 is 1.97 bits per heavy atom. The van der Waals surface area contributed by atoms with Crippen molar-refractivity contribution in [2.24, 2.45) is 5.92 Å². The van der Waals surface area contributed by atoms with Gasteiger partial charge in [0.1, 0.15) is 5.75 Å². The molecule has 2 aromatic carbocycles. The number of para-hydroxylation sites is 1. The van der Waals surface area contributed by atoms with Crippen molar-refractivity contribution in [3.05, 3.63) is 71.6 Å². The standard InChI is InChI=1S/C24H26F6NO/c1-16-8-10-31(11-9-16)22(2,20-6-4-5-7-21(20)32-3)15-17-12-18(23(25,26)27)14-19(13-17)24(28,29)30/h4-7,12-14,16H,2,8-11,15H2,1,3H3. The first-order valence-electron chi connectivity index (χ1n) is 10.4. The number of likely N-dealkylation sites (tertiary alicyclic amines) is 1. The van der Waals surface area contributed by atoms with Crippen LogP contribution in [0, 0.1) is 12.8 Å². The van der Waals surface area contributed by atoms with E-state index in [9.17, 15) is 26.3 Å². The van der Waals surface area contributed by atoms with Crippen LogP contribution >= 0.6 is 0 Å². The summed E-state index contributed by atoms with van der Waals surface area (Å²) in [6.45, 7) is 7.74. The summed E-state index contributed by atoms with van der Waals surface area (Å²) in [4.78, 5) is 2.04. The van der Waals surface area contributed by atoms with Crippen LogP contribution in [-0.4, -0.2) is 25.1 Å². The molecule has 0 amide bonds. The predicted octanol–water partition coefficient (Wildman–Crippen LogP) is 6.74. The van der Waals surface area contributed by atoms with Gasteiger partial charge in [-0.2, -0.15) is 26.3 Å². The van der Waals surface area contributed by atoms with Crippen LogP contribution in [0.3, 0.4) is 0 Å². The minimum atomic E-state index is -4.90. The number of methoxy groups -OCH3 is 1. The van der Waals surface area contributed by atoms with E-state index in [1.165, 1.54) is 7.11 Å². The van der Waals surface area contributed by atoms with Crippen molar-refractivity contribution in [1.82, 2.24) is 4.90 Å². The fraction of sp³-hybridized carbons (Fsp3) is 0.458. The van der Waals surface area contributed by atoms with E-state index < -0.39 is 29.0 Å². The zero-order chi connectivity index (χ0) is 23.7. The number of ether oxygens (including phenoxy) is 1. The van der Waals surface area contributed by atoms with Gasteiger partial charge < -0.3 is 4.74 Å². The van der Waals surface area contributed by atoms with E-state index in [1.54, 1.807) is 24.3 Å². The van der Waals surface area contributed by atoms with Crippen LogP contribution in [0.5, 0.6) is 5.75 Å². The fourth-order valence-electron chi connectivity index (χ4n) is 4.30. The number of piperidine rings is 1. The van der Waals surface area contributed by atoms with Gasteiger partial charge in [0.2, 0.25) is 0 Å². The Hall–Kier alpha value is -2.22. The molecule has 2 aromatic rings. The van der Waals surface area contributed by atoms with Crippen LogP contribution in [-0.2, 0) is 24.3 Å². The van der Waals surface area contributed by atoms with Gasteiger partial charge in [-0.05, 0) is 75.0 Å². The zero-order valence-electron chi connectivity index (χ0n) is 18.0. The number of halogens is 6. The van der Waals surface area contributed by atoms with Gasteiger partial charge in [-0.1, -0.05) is 25.1 Å². The fourth-order valence-corrected chi connectivity index (χ4v) is 4.30. The number of hydrogen-bond donors (Lipinski definition) is 0. The molecule has 0 spiro atoms. The number of rotatable bonds is 5. The number of alkyl halides is 6. The molecule has 0 saturated carbocycles. The molecule has 1 atom stereocenters. The lowest BCUT2D eigenvalue weighted by atomic mass is 9.80. The lowest BCUT2D eigenvalue weighted by Crippen LogP contribution is -2.49. The number of benzene rings is 2. The molecule has 3 rings (SSSR count). The van der Waals surface area contributed by atoms with E-state index in [0.29, 0.717) is 30.3 Å². The average molecular weight is 458 g/mol. The monoisotopic (exact) mass is 458 g/mol. The molecular weight excluding hydrogens is 432 g/mol. The van der Waals surface area contributed by atoms with E-state index in [0.717, 1.165) is 25.0 Å². The first kappa shape index (κ1) is 24.4. The third kappa shape index (κ3) is 5.22. The van der Waals surface area contributed by atoms with Gasteiger partial charge in [-0.3, -0.25) is 4.90 Å². The largest absolute Gasteiger partial charge is 0.496 e. The molecule has 1 heterocycles. The maximum atomic E-state index is 13.4. The van der Waals surface area contributed by atoms with Crippen LogP contribution in [0.1, 0.15) is 42.0 Å². The SMILES string of the molecule is [CH2]C(Cc1cc(C(F)(F)F)cc(C(F)(F)F)c1)(c1ccccc1OC)N1CCC(C)CC1. The Morgan fingerprint density at radius 2 is 1.47 bits per heavy atom. The van der Waals surface area contributed by atoms with Crippen LogP contribution in [0.4, 0.5) is 26.3 Å². The molecule has 175 valence electrons. The third-order valence-corrected chi connectivity index (χ3v) is 6.14. The maximum Gasteiger partial charge on any atom is 0.416 e. The molecule has 1 radical (unpaired) electrons. The average Bonchev–Trinajstić information content (AvgIpc) is 2.72. The van der Waals surface area contributed by atoms with Crippen molar-refractivity contribution in [2.75, 3.05) is 20.2 Å².